The quantitative estimate of drug-likeness (QED) is 0.525. The first-order valence-electron chi connectivity index (χ1n) is 7.37. The Balaban J connectivity index is 0.00000196. The summed E-state index contributed by atoms with van der Waals surface area (Å²) in [5.41, 5.74) is -0.103. The second-order valence-corrected chi connectivity index (χ2v) is 6.45. The Hall–Kier alpha value is -1.75. The van der Waals surface area contributed by atoms with Crippen LogP contribution >= 0.6 is 0 Å². The molecule has 1 unspecified atom stereocenters. The van der Waals surface area contributed by atoms with Gasteiger partial charge in [0.25, 0.3) is 0 Å². The van der Waals surface area contributed by atoms with Gasteiger partial charge in [0, 0.05) is 12.3 Å². The number of pyridine rings is 1. The van der Waals surface area contributed by atoms with Gasteiger partial charge in [0.15, 0.2) is 23.1 Å². The summed E-state index contributed by atoms with van der Waals surface area (Å²) in [7, 11) is 2.21. The molecule has 11 heteroatoms. The van der Waals surface area contributed by atoms with E-state index in [1.54, 1.807) is 6.07 Å². The number of fused-ring (bicyclic) bond motifs is 1. The van der Waals surface area contributed by atoms with Crippen molar-refractivity contribution in [3.8, 4) is 17.2 Å². The van der Waals surface area contributed by atoms with E-state index in [4.69, 9.17) is 14.2 Å². The third kappa shape index (κ3) is 3.93. The Bertz CT molecular complexity index is 1010. The van der Waals surface area contributed by atoms with E-state index in [2.05, 4.69) is 9.97 Å². The number of hydrogen-bond donors (Lipinski definition) is 0. The van der Waals surface area contributed by atoms with Crippen molar-refractivity contribution in [2.75, 3.05) is 21.3 Å². The monoisotopic (exact) mass is 407 g/mol. The molecule has 1 atom stereocenters. The minimum absolute atomic E-state index is 0. The molecule has 140 valence electrons. The van der Waals surface area contributed by atoms with Gasteiger partial charge in [0.05, 0.1) is 43.6 Å². The predicted molar refractivity (Wildman–Crippen MR) is 91.3 cm³/mol. The number of methoxy groups -OCH3 is 3. The van der Waals surface area contributed by atoms with Crippen molar-refractivity contribution in [3.63, 3.8) is 0 Å². The van der Waals surface area contributed by atoms with Crippen molar-refractivity contribution in [1.82, 2.24) is 14.8 Å². The van der Waals surface area contributed by atoms with Crippen molar-refractivity contribution in [3.05, 3.63) is 35.9 Å². The van der Waals surface area contributed by atoms with Gasteiger partial charge in [-0.25, -0.2) is 9.37 Å². The molecule has 0 bridgehead atoms. The Labute approximate surface area is 179 Å². The van der Waals surface area contributed by atoms with Gasteiger partial charge < -0.3 is 15.6 Å². The number of aromatic nitrogens is 3. The maximum absolute atomic E-state index is 14.5. The molecule has 2 aromatic heterocycles. The van der Waals surface area contributed by atoms with Gasteiger partial charge in [0.2, 0.25) is 5.16 Å². The standard InChI is InChI=1S/C16H15F2N3O4S.Na.H/c1-23-11-5-4-10-14(13(11)17)20-16(21(10)18)26(22)8-9-15(25-3)12(24-2)6-7-19-9;;/h4-7H,8H2,1-3H3;;/q;+1;-1. The van der Waals surface area contributed by atoms with Gasteiger partial charge in [-0.2, -0.15) is 0 Å². The van der Waals surface area contributed by atoms with Crippen LogP contribution in [0.3, 0.4) is 0 Å². The fraction of sp³-hybridized carbons (Fsp3) is 0.250. The van der Waals surface area contributed by atoms with Crippen LogP contribution in [0.5, 0.6) is 17.2 Å². The van der Waals surface area contributed by atoms with Crippen LogP contribution in [0.15, 0.2) is 29.6 Å². The molecule has 0 fully saturated rings. The molecule has 0 saturated heterocycles. The van der Waals surface area contributed by atoms with Crippen LogP contribution in [-0.4, -0.2) is 40.3 Å². The summed E-state index contributed by atoms with van der Waals surface area (Å²) in [4.78, 5) is 8.05. The molecule has 3 aromatic rings. The number of halogens is 2. The molecule has 0 aliphatic rings. The Morgan fingerprint density at radius 3 is 2.48 bits per heavy atom. The molecule has 3 rings (SSSR count). The Kier molecular flexibility index (Phi) is 7.15. The zero-order valence-corrected chi connectivity index (χ0v) is 18.0. The van der Waals surface area contributed by atoms with E-state index in [0.717, 1.165) is 0 Å². The van der Waals surface area contributed by atoms with Crippen LogP contribution in [0.25, 0.3) is 11.0 Å². The zero-order valence-electron chi connectivity index (χ0n) is 16.2. The summed E-state index contributed by atoms with van der Waals surface area (Å²) in [6.07, 6.45) is 1.46. The van der Waals surface area contributed by atoms with Crippen molar-refractivity contribution in [2.45, 2.75) is 10.9 Å². The molecule has 0 amide bonds. The number of ether oxygens (including phenoxy) is 3. The van der Waals surface area contributed by atoms with E-state index < -0.39 is 21.8 Å². The number of nitrogens with zero attached hydrogens (tertiary/aromatic N) is 3. The van der Waals surface area contributed by atoms with Gasteiger partial charge in [-0.15, -0.1) is 4.79 Å². The minimum Gasteiger partial charge on any atom is -1.00 e. The van der Waals surface area contributed by atoms with Crippen LogP contribution in [0.2, 0.25) is 0 Å². The second-order valence-electron chi connectivity index (χ2n) is 5.11. The third-order valence-electron chi connectivity index (χ3n) is 3.70. The summed E-state index contributed by atoms with van der Waals surface area (Å²) in [5, 5.41) is -0.432. The number of hydrogen-bond acceptors (Lipinski definition) is 6. The molecule has 0 radical (unpaired) electrons. The summed E-state index contributed by atoms with van der Waals surface area (Å²) in [6, 6.07) is 4.15. The van der Waals surface area contributed by atoms with Gasteiger partial charge >= 0.3 is 29.6 Å². The predicted octanol–water partition coefficient (Wildman–Crippen LogP) is -0.247. The topological polar surface area (TPSA) is 75.5 Å². The van der Waals surface area contributed by atoms with Gasteiger partial charge in [-0.1, -0.05) is 4.48 Å². The molecule has 2 heterocycles. The van der Waals surface area contributed by atoms with Gasteiger partial charge in [-0.3, -0.25) is 9.19 Å². The van der Waals surface area contributed by atoms with Crippen molar-refractivity contribution in [2.24, 2.45) is 0 Å². The first-order chi connectivity index (χ1) is 12.5. The van der Waals surface area contributed by atoms with Crippen LogP contribution in [0, 0.1) is 5.82 Å². The van der Waals surface area contributed by atoms with E-state index in [1.807, 2.05) is 0 Å². The molecule has 0 N–H and O–H groups in total. The molecular weight excluding hydrogens is 391 g/mol. The van der Waals surface area contributed by atoms with Crippen LogP contribution in [-0.2, 0) is 16.6 Å². The van der Waals surface area contributed by atoms with E-state index in [-0.39, 0.29) is 64.1 Å². The first kappa shape index (κ1) is 21.5. The minimum atomic E-state index is -1.95. The molecule has 1 aromatic carbocycles. The van der Waals surface area contributed by atoms with E-state index in [0.29, 0.717) is 11.4 Å². The number of imidazole rings is 1. The van der Waals surface area contributed by atoms with Crippen molar-refractivity contribution < 1.29 is 58.3 Å². The van der Waals surface area contributed by atoms with E-state index >= 15 is 0 Å². The van der Waals surface area contributed by atoms with Crippen LogP contribution in [0.1, 0.15) is 7.12 Å². The molecular formula is C16H16F2N3NaO4S. The van der Waals surface area contributed by atoms with Gasteiger partial charge in [0.1, 0.15) is 11.0 Å². The molecule has 0 aliphatic carbocycles. The fourth-order valence-corrected chi connectivity index (χ4v) is 3.54. The van der Waals surface area contributed by atoms with Crippen LogP contribution < -0.4 is 43.8 Å². The normalized spacial score (nSPS) is 11.7. The Morgan fingerprint density at radius 1 is 1.15 bits per heavy atom. The molecule has 0 spiro atoms. The molecule has 0 aliphatic heterocycles. The summed E-state index contributed by atoms with van der Waals surface area (Å²) in [6.45, 7) is 0. The van der Waals surface area contributed by atoms with E-state index in [1.165, 1.54) is 39.7 Å². The Morgan fingerprint density at radius 2 is 1.85 bits per heavy atom. The average Bonchev–Trinajstić information content (AvgIpc) is 2.99. The maximum Gasteiger partial charge on any atom is 1.00 e. The summed E-state index contributed by atoms with van der Waals surface area (Å²) in [5.74, 6) is -0.399. The smallest absolute Gasteiger partial charge is 1.00 e. The summed E-state index contributed by atoms with van der Waals surface area (Å²) < 4.78 is 56.6. The maximum atomic E-state index is 14.5. The van der Waals surface area contributed by atoms with Crippen molar-refractivity contribution >= 4 is 21.8 Å². The largest absolute Gasteiger partial charge is 1.00 e. The van der Waals surface area contributed by atoms with Crippen molar-refractivity contribution in [1.29, 1.82) is 0 Å². The second kappa shape index (κ2) is 8.96. The van der Waals surface area contributed by atoms with Gasteiger partial charge in [-0.05, 0) is 12.1 Å². The van der Waals surface area contributed by atoms with Crippen LogP contribution in [0.4, 0.5) is 8.87 Å². The molecule has 0 saturated carbocycles. The molecule has 27 heavy (non-hydrogen) atoms. The molecule has 7 nitrogen and oxygen atoms in total. The number of benzene rings is 1. The number of rotatable bonds is 6. The van der Waals surface area contributed by atoms with E-state index in [9.17, 15) is 13.1 Å². The zero-order chi connectivity index (χ0) is 18.8. The first-order valence-corrected chi connectivity index (χ1v) is 8.69. The fourth-order valence-electron chi connectivity index (χ4n) is 2.48. The SMILES string of the molecule is COc1ccnc(CS(=O)c2nc3c(F)c(OC)ccc3n2F)c1OC.[H-].[Na+]. The third-order valence-corrected chi connectivity index (χ3v) is 4.90. The summed E-state index contributed by atoms with van der Waals surface area (Å²) >= 11 is 0. The average molecular weight is 407 g/mol.